The van der Waals surface area contributed by atoms with Gasteiger partial charge in [0.15, 0.2) is 0 Å². The van der Waals surface area contributed by atoms with E-state index in [1.165, 1.54) is 12.1 Å². The molecule has 0 amide bonds. The van der Waals surface area contributed by atoms with Crippen molar-refractivity contribution in [3.8, 4) is 0 Å². The van der Waals surface area contributed by atoms with Gasteiger partial charge in [-0.05, 0) is 60.0 Å². The first-order chi connectivity index (χ1) is 8.91. The maximum atomic E-state index is 13.1. The molecule has 0 spiro atoms. The lowest BCUT2D eigenvalue weighted by atomic mass is 10.0. The maximum Gasteiger partial charge on any atom is 0.123 e. The summed E-state index contributed by atoms with van der Waals surface area (Å²) in [5, 5.41) is 14.8. The smallest absolute Gasteiger partial charge is 0.123 e. The molecule has 1 aromatic heterocycles. The molecular weight excluding hydrogens is 311 g/mol. The highest BCUT2D eigenvalue weighted by Crippen LogP contribution is 2.31. The highest BCUT2D eigenvalue weighted by atomic mass is 79.9. The number of hydrogen-bond acceptors (Lipinski definition) is 2. The molecule has 0 bridgehead atoms. The predicted octanol–water partition coefficient (Wildman–Crippen LogP) is 3.76. The standard InChI is InChI=1S/C14H16BrFN2O/c1-8(2)18-13(12(15)7-17-18)14(19)11-5-4-10(16)6-9(11)3/h4-8,14,19H,1-3H3. The Labute approximate surface area is 120 Å². The van der Waals surface area contributed by atoms with Crippen molar-refractivity contribution in [2.45, 2.75) is 32.9 Å². The van der Waals surface area contributed by atoms with Crippen molar-refractivity contribution in [1.82, 2.24) is 9.78 Å². The van der Waals surface area contributed by atoms with Gasteiger partial charge in [-0.15, -0.1) is 0 Å². The van der Waals surface area contributed by atoms with E-state index in [0.29, 0.717) is 11.3 Å². The van der Waals surface area contributed by atoms with Gasteiger partial charge in [0.05, 0.1) is 16.4 Å². The third-order valence-electron chi connectivity index (χ3n) is 3.06. The summed E-state index contributed by atoms with van der Waals surface area (Å²) >= 11 is 3.40. The largest absolute Gasteiger partial charge is 0.382 e. The molecular formula is C14H16BrFN2O. The normalized spacial score (nSPS) is 13.0. The number of aromatic nitrogens is 2. The maximum absolute atomic E-state index is 13.1. The molecule has 0 radical (unpaired) electrons. The molecule has 1 unspecified atom stereocenters. The number of aliphatic hydroxyl groups excluding tert-OH is 1. The van der Waals surface area contributed by atoms with Crippen molar-refractivity contribution in [2.75, 3.05) is 0 Å². The summed E-state index contributed by atoms with van der Waals surface area (Å²) in [4.78, 5) is 0. The van der Waals surface area contributed by atoms with Crippen molar-refractivity contribution >= 4 is 15.9 Å². The van der Waals surface area contributed by atoms with Crippen molar-refractivity contribution in [2.24, 2.45) is 0 Å². The van der Waals surface area contributed by atoms with Gasteiger partial charge in [-0.25, -0.2) is 4.39 Å². The van der Waals surface area contributed by atoms with E-state index in [1.807, 2.05) is 13.8 Å². The molecule has 3 nitrogen and oxygen atoms in total. The monoisotopic (exact) mass is 326 g/mol. The molecule has 1 heterocycles. The first-order valence-corrected chi connectivity index (χ1v) is 6.88. The van der Waals surface area contributed by atoms with Gasteiger partial charge < -0.3 is 5.11 Å². The second kappa shape index (κ2) is 5.43. The van der Waals surface area contributed by atoms with Gasteiger partial charge in [0.2, 0.25) is 0 Å². The van der Waals surface area contributed by atoms with Crippen LogP contribution in [0.1, 0.15) is 42.8 Å². The van der Waals surface area contributed by atoms with Crippen LogP contribution < -0.4 is 0 Å². The van der Waals surface area contributed by atoms with E-state index in [1.54, 1.807) is 23.9 Å². The first-order valence-electron chi connectivity index (χ1n) is 6.08. The summed E-state index contributed by atoms with van der Waals surface area (Å²) < 4.78 is 15.6. The van der Waals surface area contributed by atoms with Crippen LogP contribution in [0.5, 0.6) is 0 Å². The summed E-state index contributed by atoms with van der Waals surface area (Å²) in [5.74, 6) is -0.301. The Morgan fingerprint density at radius 3 is 2.63 bits per heavy atom. The Balaban J connectivity index is 2.49. The fraction of sp³-hybridized carbons (Fsp3) is 0.357. The quantitative estimate of drug-likeness (QED) is 0.932. The fourth-order valence-corrected chi connectivity index (χ4v) is 2.60. The third kappa shape index (κ3) is 2.72. The van der Waals surface area contributed by atoms with Gasteiger partial charge in [-0.2, -0.15) is 5.10 Å². The number of aryl methyl sites for hydroxylation is 1. The molecule has 0 saturated heterocycles. The Kier molecular flexibility index (Phi) is 4.06. The number of rotatable bonds is 3. The van der Waals surface area contributed by atoms with E-state index in [-0.39, 0.29) is 11.9 Å². The van der Waals surface area contributed by atoms with Crippen LogP contribution in [0.25, 0.3) is 0 Å². The van der Waals surface area contributed by atoms with Gasteiger partial charge in [-0.1, -0.05) is 6.07 Å². The third-order valence-corrected chi connectivity index (χ3v) is 3.67. The highest BCUT2D eigenvalue weighted by Gasteiger charge is 2.22. The second-order valence-electron chi connectivity index (χ2n) is 4.82. The van der Waals surface area contributed by atoms with Crippen LogP contribution in [0.15, 0.2) is 28.9 Å². The zero-order valence-corrected chi connectivity index (χ0v) is 12.6. The summed E-state index contributed by atoms with van der Waals surface area (Å²) in [6, 6.07) is 4.52. The van der Waals surface area contributed by atoms with Gasteiger partial charge in [0, 0.05) is 6.04 Å². The summed E-state index contributed by atoms with van der Waals surface area (Å²) in [6.07, 6.45) is 0.831. The lowest BCUT2D eigenvalue weighted by molar-refractivity contribution is 0.203. The van der Waals surface area contributed by atoms with Crippen LogP contribution in [0.3, 0.4) is 0 Å². The number of nitrogens with zero attached hydrogens (tertiary/aromatic N) is 2. The lowest BCUT2D eigenvalue weighted by Gasteiger charge is -2.18. The Bertz CT molecular complexity index is 595. The van der Waals surface area contributed by atoms with Crippen molar-refractivity contribution in [3.63, 3.8) is 0 Å². The zero-order valence-electron chi connectivity index (χ0n) is 11.1. The highest BCUT2D eigenvalue weighted by molar-refractivity contribution is 9.10. The van der Waals surface area contributed by atoms with Crippen molar-refractivity contribution in [3.05, 3.63) is 51.5 Å². The molecule has 0 aliphatic carbocycles. The lowest BCUT2D eigenvalue weighted by Crippen LogP contribution is -2.13. The molecule has 102 valence electrons. The Morgan fingerprint density at radius 1 is 1.37 bits per heavy atom. The number of halogens is 2. The molecule has 2 rings (SSSR count). The second-order valence-corrected chi connectivity index (χ2v) is 5.67. The SMILES string of the molecule is Cc1cc(F)ccc1C(O)c1c(Br)cnn1C(C)C. The summed E-state index contributed by atoms with van der Waals surface area (Å²) in [5.41, 5.74) is 2.09. The molecule has 2 aromatic rings. The first kappa shape index (κ1) is 14.2. The van der Waals surface area contributed by atoms with Gasteiger partial charge >= 0.3 is 0 Å². The van der Waals surface area contributed by atoms with Crippen molar-refractivity contribution in [1.29, 1.82) is 0 Å². The van der Waals surface area contributed by atoms with E-state index in [9.17, 15) is 9.50 Å². The average Bonchev–Trinajstić information content (AvgIpc) is 2.70. The van der Waals surface area contributed by atoms with Gasteiger partial charge in [-0.3, -0.25) is 4.68 Å². The van der Waals surface area contributed by atoms with E-state index in [4.69, 9.17) is 0 Å². The topological polar surface area (TPSA) is 38.1 Å². The molecule has 0 aliphatic heterocycles. The van der Waals surface area contributed by atoms with E-state index in [2.05, 4.69) is 21.0 Å². The summed E-state index contributed by atoms with van der Waals surface area (Å²) in [6.45, 7) is 5.77. The van der Waals surface area contributed by atoms with E-state index >= 15 is 0 Å². The minimum Gasteiger partial charge on any atom is -0.382 e. The van der Waals surface area contributed by atoms with Crippen molar-refractivity contribution < 1.29 is 9.50 Å². The minimum absolute atomic E-state index is 0.136. The Hall–Kier alpha value is -1.20. The van der Waals surface area contributed by atoms with Crippen LogP contribution in [0.2, 0.25) is 0 Å². The Morgan fingerprint density at radius 2 is 2.05 bits per heavy atom. The molecule has 0 saturated carbocycles. The molecule has 0 aliphatic rings. The zero-order chi connectivity index (χ0) is 14.2. The number of hydrogen-bond donors (Lipinski definition) is 1. The molecule has 19 heavy (non-hydrogen) atoms. The molecule has 1 aromatic carbocycles. The van der Waals surface area contributed by atoms with E-state index in [0.717, 1.165) is 10.0 Å². The van der Waals surface area contributed by atoms with Crippen LogP contribution in [0, 0.1) is 12.7 Å². The minimum atomic E-state index is -0.833. The van der Waals surface area contributed by atoms with Gasteiger partial charge in [0.1, 0.15) is 11.9 Å². The van der Waals surface area contributed by atoms with Gasteiger partial charge in [0.25, 0.3) is 0 Å². The van der Waals surface area contributed by atoms with Crippen LogP contribution in [-0.2, 0) is 0 Å². The van der Waals surface area contributed by atoms with Crippen LogP contribution in [0.4, 0.5) is 4.39 Å². The predicted molar refractivity (Wildman–Crippen MR) is 75.5 cm³/mol. The number of benzene rings is 1. The average molecular weight is 327 g/mol. The van der Waals surface area contributed by atoms with Crippen LogP contribution >= 0.6 is 15.9 Å². The van der Waals surface area contributed by atoms with E-state index < -0.39 is 6.10 Å². The molecule has 1 atom stereocenters. The molecule has 5 heteroatoms. The molecule has 0 fully saturated rings. The fourth-order valence-electron chi connectivity index (χ4n) is 2.11. The number of aliphatic hydroxyl groups is 1. The summed E-state index contributed by atoms with van der Waals surface area (Å²) in [7, 11) is 0. The van der Waals surface area contributed by atoms with Crippen LogP contribution in [-0.4, -0.2) is 14.9 Å². The molecule has 1 N–H and O–H groups in total.